The van der Waals surface area contributed by atoms with Gasteiger partial charge in [-0.3, -0.25) is 4.90 Å². The van der Waals surface area contributed by atoms with Crippen LogP contribution in [0.4, 0.5) is 5.82 Å². The van der Waals surface area contributed by atoms with E-state index in [2.05, 4.69) is 39.2 Å². The molecule has 0 amide bonds. The maximum absolute atomic E-state index is 4.61. The predicted molar refractivity (Wildman–Crippen MR) is 83.0 cm³/mol. The van der Waals surface area contributed by atoms with Gasteiger partial charge in [0.2, 0.25) is 0 Å². The first-order chi connectivity index (χ1) is 9.78. The number of nitrogens with one attached hydrogen (secondary N) is 1. The lowest BCUT2D eigenvalue weighted by Gasteiger charge is -2.48. The van der Waals surface area contributed by atoms with Gasteiger partial charge in [0.25, 0.3) is 0 Å². The van der Waals surface area contributed by atoms with Gasteiger partial charge in [-0.25, -0.2) is 4.98 Å². The molecule has 2 unspecified atom stereocenters. The van der Waals surface area contributed by atoms with Crippen LogP contribution in [0, 0.1) is 0 Å². The maximum atomic E-state index is 4.61. The van der Waals surface area contributed by atoms with Gasteiger partial charge in [-0.1, -0.05) is 6.42 Å². The molecule has 1 aromatic rings. The quantitative estimate of drug-likeness (QED) is 0.912. The van der Waals surface area contributed by atoms with E-state index in [4.69, 9.17) is 0 Å². The van der Waals surface area contributed by atoms with Crippen molar-refractivity contribution >= 4 is 5.82 Å². The van der Waals surface area contributed by atoms with Crippen LogP contribution in [-0.4, -0.2) is 48.6 Å². The van der Waals surface area contributed by atoms with Crippen molar-refractivity contribution in [2.45, 2.75) is 44.8 Å². The van der Waals surface area contributed by atoms with Crippen LogP contribution in [0.1, 0.15) is 31.7 Å². The molecule has 4 nitrogen and oxygen atoms in total. The van der Waals surface area contributed by atoms with Gasteiger partial charge in [0, 0.05) is 37.9 Å². The highest BCUT2D eigenvalue weighted by molar-refractivity contribution is 5.43. The molecular formula is C16H26N4. The highest BCUT2D eigenvalue weighted by Crippen LogP contribution is 2.27. The average Bonchev–Trinajstić information content (AvgIpc) is 2.47. The van der Waals surface area contributed by atoms with E-state index in [0.29, 0.717) is 6.04 Å². The predicted octanol–water partition coefficient (Wildman–Crippen LogP) is 1.86. The number of aromatic nitrogens is 1. The van der Waals surface area contributed by atoms with Crippen molar-refractivity contribution in [3.63, 3.8) is 0 Å². The topological polar surface area (TPSA) is 31.4 Å². The average molecular weight is 274 g/mol. The Bertz CT molecular complexity index is 448. The standard InChI is InChI=1S/C16H26N4/c1-13-11-19-8-4-3-5-15(19)12-20(13)16-9-14(10-17-2)6-7-18-16/h6-7,9,13,15,17H,3-5,8,10-12H2,1-2H3. The molecule has 3 heterocycles. The molecule has 0 saturated carbocycles. The lowest BCUT2D eigenvalue weighted by atomic mass is 9.97. The van der Waals surface area contributed by atoms with E-state index >= 15 is 0 Å². The molecule has 2 atom stereocenters. The van der Waals surface area contributed by atoms with Crippen LogP contribution < -0.4 is 10.2 Å². The fourth-order valence-electron chi connectivity index (χ4n) is 3.60. The Hall–Kier alpha value is -1.13. The second-order valence-corrected chi connectivity index (χ2v) is 6.20. The van der Waals surface area contributed by atoms with Gasteiger partial charge in [-0.05, 0) is 51.1 Å². The molecule has 0 radical (unpaired) electrons. The van der Waals surface area contributed by atoms with E-state index in [1.165, 1.54) is 37.9 Å². The third-order valence-electron chi connectivity index (χ3n) is 4.67. The summed E-state index contributed by atoms with van der Waals surface area (Å²) < 4.78 is 0. The molecule has 2 fully saturated rings. The van der Waals surface area contributed by atoms with Crippen LogP contribution >= 0.6 is 0 Å². The minimum Gasteiger partial charge on any atom is -0.351 e. The highest BCUT2D eigenvalue weighted by atomic mass is 15.3. The summed E-state index contributed by atoms with van der Waals surface area (Å²) in [4.78, 5) is 9.80. The highest BCUT2D eigenvalue weighted by Gasteiger charge is 2.33. The number of rotatable bonds is 3. The Labute approximate surface area is 122 Å². The van der Waals surface area contributed by atoms with Gasteiger partial charge >= 0.3 is 0 Å². The van der Waals surface area contributed by atoms with Crippen LogP contribution in [0.25, 0.3) is 0 Å². The van der Waals surface area contributed by atoms with Gasteiger partial charge in [-0.2, -0.15) is 0 Å². The minimum atomic E-state index is 0.557. The van der Waals surface area contributed by atoms with E-state index in [1.807, 2.05) is 13.2 Å². The first kappa shape index (κ1) is 13.8. The number of nitrogens with zero attached hydrogens (tertiary/aromatic N) is 3. The Morgan fingerprint density at radius 1 is 1.35 bits per heavy atom. The third kappa shape index (κ3) is 2.81. The molecule has 110 valence electrons. The van der Waals surface area contributed by atoms with E-state index in [-0.39, 0.29) is 0 Å². The van der Waals surface area contributed by atoms with E-state index in [0.717, 1.165) is 24.9 Å². The van der Waals surface area contributed by atoms with Gasteiger partial charge in [-0.15, -0.1) is 0 Å². The summed E-state index contributed by atoms with van der Waals surface area (Å²) in [6, 6.07) is 5.63. The molecule has 3 rings (SSSR count). The first-order valence-corrected chi connectivity index (χ1v) is 7.88. The number of hydrogen-bond acceptors (Lipinski definition) is 4. The largest absolute Gasteiger partial charge is 0.351 e. The zero-order chi connectivity index (χ0) is 13.9. The SMILES string of the molecule is CNCc1ccnc(N2CC3CCCCN3CC2C)c1. The van der Waals surface area contributed by atoms with Crippen LogP contribution in [-0.2, 0) is 6.54 Å². The molecule has 0 aliphatic carbocycles. The van der Waals surface area contributed by atoms with Gasteiger partial charge in [0.05, 0.1) is 0 Å². The summed E-state index contributed by atoms with van der Waals surface area (Å²) in [6.07, 6.45) is 6.05. The monoisotopic (exact) mass is 274 g/mol. The summed E-state index contributed by atoms with van der Waals surface area (Å²) in [7, 11) is 1.99. The van der Waals surface area contributed by atoms with Crippen molar-refractivity contribution in [3.8, 4) is 0 Å². The van der Waals surface area contributed by atoms with Crippen molar-refractivity contribution in [1.82, 2.24) is 15.2 Å². The Balaban J connectivity index is 1.76. The molecule has 2 saturated heterocycles. The Kier molecular flexibility index (Phi) is 4.22. The molecule has 2 aliphatic heterocycles. The van der Waals surface area contributed by atoms with E-state index in [1.54, 1.807) is 0 Å². The third-order valence-corrected chi connectivity index (χ3v) is 4.67. The number of piperazine rings is 1. The summed E-state index contributed by atoms with van der Waals surface area (Å²) >= 11 is 0. The van der Waals surface area contributed by atoms with Crippen molar-refractivity contribution < 1.29 is 0 Å². The van der Waals surface area contributed by atoms with Gasteiger partial charge in [0.15, 0.2) is 0 Å². The Morgan fingerprint density at radius 3 is 3.10 bits per heavy atom. The zero-order valence-corrected chi connectivity index (χ0v) is 12.7. The van der Waals surface area contributed by atoms with E-state index in [9.17, 15) is 0 Å². The Morgan fingerprint density at radius 2 is 2.25 bits per heavy atom. The normalized spacial score (nSPS) is 27.4. The second kappa shape index (κ2) is 6.10. The minimum absolute atomic E-state index is 0.557. The second-order valence-electron chi connectivity index (χ2n) is 6.20. The van der Waals surface area contributed by atoms with Crippen molar-refractivity contribution in [2.75, 3.05) is 31.6 Å². The van der Waals surface area contributed by atoms with E-state index < -0.39 is 0 Å². The fourth-order valence-corrected chi connectivity index (χ4v) is 3.60. The van der Waals surface area contributed by atoms with Crippen LogP contribution in [0.2, 0.25) is 0 Å². The molecule has 2 aliphatic rings. The lowest BCUT2D eigenvalue weighted by Crippen LogP contribution is -2.59. The van der Waals surface area contributed by atoms with Crippen LogP contribution in [0.3, 0.4) is 0 Å². The van der Waals surface area contributed by atoms with Crippen molar-refractivity contribution in [1.29, 1.82) is 0 Å². The van der Waals surface area contributed by atoms with Gasteiger partial charge < -0.3 is 10.2 Å². The first-order valence-electron chi connectivity index (χ1n) is 7.88. The van der Waals surface area contributed by atoms with Crippen molar-refractivity contribution in [3.05, 3.63) is 23.9 Å². The summed E-state index contributed by atoms with van der Waals surface area (Å²) in [5.41, 5.74) is 1.32. The number of hydrogen-bond donors (Lipinski definition) is 1. The number of piperidine rings is 1. The number of fused-ring (bicyclic) bond motifs is 1. The van der Waals surface area contributed by atoms with Crippen molar-refractivity contribution in [2.24, 2.45) is 0 Å². The van der Waals surface area contributed by atoms with Gasteiger partial charge in [0.1, 0.15) is 5.82 Å². The summed E-state index contributed by atoms with van der Waals surface area (Å²) in [5, 5.41) is 3.22. The molecular weight excluding hydrogens is 248 g/mol. The summed E-state index contributed by atoms with van der Waals surface area (Å²) in [6.45, 7) is 6.85. The molecule has 0 spiro atoms. The molecule has 20 heavy (non-hydrogen) atoms. The smallest absolute Gasteiger partial charge is 0.129 e. The molecule has 0 aromatic carbocycles. The molecule has 1 aromatic heterocycles. The number of anilines is 1. The molecule has 4 heteroatoms. The number of pyridine rings is 1. The summed E-state index contributed by atoms with van der Waals surface area (Å²) in [5.74, 6) is 1.15. The lowest BCUT2D eigenvalue weighted by molar-refractivity contribution is 0.115. The molecule has 1 N–H and O–H groups in total. The van der Waals surface area contributed by atoms with Crippen LogP contribution in [0.5, 0.6) is 0 Å². The molecule has 0 bridgehead atoms. The zero-order valence-electron chi connectivity index (χ0n) is 12.7. The fraction of sp³-hybridized carbons (Fsp3) is 0.688. The maximum Gasteiger partial charge on any atom is 0.129 e. The van der Waals surface area contributed by atoms with Crippen LogP contribution in [0.15, 0.2) is 18.3 Å².